The average Bonchev–Trinajstić information content (AvgIpc) is 2.33. The lowest BCUT2D eigenvalue weighted by molar-refractivity contribution is 0.476. The average molecular weight is 245 g/mol. The van der Waals surface area contributed by atoms with Crippen LogP contribution in [0.1, 0.15) is 11.1 Å². The van der Waals surface area contributed by atoms with Crippen LogP contribution in [0.25, 0.3) is 0 Å². The molecule has 1 N–H and O–H groups in total. The molecule has 2 aromatic carbocycles. The van der Waals surface area contributed by atoms with Gasteiger partial charge in [-0.15, -0.1) is 0 Å². The number of halogens is 1. The van der Waals surface area contributed by atoms with Crippen LogP contribution in [0.2, 0.25) is 0 Å². The minimum absolute atomic E-state index is 0.295. The lowest BCUT2D eigenvalue weighted by Gasteiger charge is -2.09. The first-order valence-corrected chi connectivity index (χ1v) is 5.86. The summed E-state index contributed by atoms with van der Waals surface area (Å²) in [6.45, 7) is 2.86. The third kappa shape index (κ3) is 3.08. The van der Waals surface area contributed by atoms with Crippen molar-refractivity contribution in [2.24, 2.45) is 0 Å². The van der Waals surface area contributed by atoms with Crippen molar-refractivity contribution in [2.45, 2.75) is 13.5 Å². The van der Waals surface area contributed by atoms with E-state index in [-0.39, 0.29) is 5.82 Å². The Balaban J connectivity index is 2.17. The van der Waals surface area contributed by atoms with Gasteiger partial charge in [0.2, 0.25) is 0 Å². The van der Waals surface area contributed by atoms with Crippen LogP contribution in [0.4, 0.5) is 4.39 Å². The van der Waals surface area contributed by atoms with Crippen LogP contribution in [-0.2, 0) is 6.54 Å². The molecule has 0 spiro atoms. The topological polar surface area (TPSA) is 21.3 Å². The lowest BCUT2D eigenvalue weighted by atomic mass is 10.1. The van der Waals surface area contributed by atoms with Crippen molar-refractivity contribution in [3.8, 4) is 11.5 Å². The van der Waals surface area contributed by atoms with Gasteiger partial charge in [-0.3, -0.25) is 0 Å². The Hall–Kier alpha value is -1.87. The molecule has 0 aliphatic heterocycles. The van der Waals surface area contributed by atoms with Crippen molar-refractivity contribution in [2.75, 3.05) is 7.05 Å². The standard InChI is InChI=1S/C15H16FNO/c1-11-8-15(7-6-12(11)10-17-2)18-14-5-3-4-13(16)9-14/h3-9,17H,10H2,1-2H3. The molecule has 0 saturated carbocycles. The van der Waals surface area contributed by atoms with Crippen LogP contribution in [-0.4, -0.2) is 7.05 Å². The summed E-state index contributed by atoms with van der Waals surface area (Å²) in [6.07, 6.45) is 0. The molecule has 0 aromatic heterocycles. The largest absolute Gasteiger partial charge is 0.457 e. The van der Waals surface area contributed by atoms with E-state index < -0.39 is 0 Å². The predicted octanol–water partition coefficient (Wildman–Crippen LogP) is 3.65. The summed E-state index contributed by atoms with van der Waals surface area (Å²) in [4.78, 5) is 0. The Bertz CT molecular complexity index is 540. The normalized spacial score (nSPS) is 10.4. The van der Waals surface area contributed by atoms with Crippen molar-refractivity contribution in [1.82, 2.24) is 5.32 Å². The van der Waals surface area contributed by atoms with Crippen molar-refractivity contribution < 1.29 is 9.13 Å². The van der Waals surface area contributed by atoms with Crippen LogP contribution in [0.15, 0.2) is 42.5 Å². The molecule has 0 unspecified atom stereocenters. The summed E-state index contributed by atoms with van der Waals surface area (Å²) in [5.74, 6) is 0.935. The summed E-state index contributed by atoms with van der Waals surface area (Å²) in [5.41, 5.74) is 2.38. The molecule has 0 saturated heterocycles. The van der Waals surface area contributed by atoms with Gasteiger partial charge in [0.25, 0.3) is 0 Å². The minimum Gasteiger partial charge on any atom is -0.457 e. The highest BCUT2D eigenvalue weighted by Gasteiger charge is 2.02. The highest BCUT2D eigenvalue weighted by atomic mass is 19.1. The first kappa shape index (κ1) is 12.6. The summed E-state index contributed by atoms with van der Waals surface area (Å²) in [6, 6.07) is 12.0. The maximum absolute atomic E-state index is 13.0. The molecule has 0 bridgehead atoms. The fraction of sp³-hybridized carbons (Fsp3) is 0.200. The SMILES string of the molecule is CNCc1ccc(Oc2cccc(F)c2)cc1C. The van der Waals surface area contributed by atoms with Crippen molar-refractivity contribution in [1.29, 1.82) is 0 Å². The number of benzene rings is 2. The number of hydrogen-bond acceptors (Lipinski definition) is 2. The zero-order chi connectivity index (χ0) is 13.0. The second kappa shape index (κ2) is 5.65. The number of ether oxygens (including phenoxy) is 1. The molecule has 0 atom stereocenters. The first-order chi connectivity index (χ1) is 8.69. The van der Waals surface area contributed by atoms with Gasteiger partial charge in [-0.2, -0.15) is 0 Å². The number of hydrogen-bond donors (Lipinski definition) is 1. The summed E-state index contributed by atoms with van der Waals surface area (Å²) >= 11 is 0. The fourth-order valence-corrected chi connectivity index (χ4v) is 1.79. The monoisotopic (exact) mass is 245 g/mol. The second-order valence-corrected chi connectivity index (χ2v) is 4.18. The molecule has 0 aliphatic carbocycles. The molecule has 2 rings (SSSR count). The molecule has 0 amide bonds. The highest BCUT2D eigenvalue weighted by Crippen LogP contribution is 2.24. The van der Waals surface area contributed by atoms with Gasteiger partial charge in [-0.1, -0.05) is 12.1 Å². The third-order valence-corrected chi connectivity index (χ3v) is 2.71. The smallest absolute Gasteiger partial charge is 0.130 e. The van der Waals surface area contributed by atoms with E-state index in [1.165, 1.54) is 17.7 Å². The van der Waals surface area contributed by atoms with Gasteiger partial charge in [0.05, 0.1) is 0 Å². The predicted molar refractivity (Wildman–Crippen MR) is 70.4 cm³/mol. The molecule has 3 heteroatoms. The van der Waals surface area contributed by atoms with Gasteiger partial charge in [0.1, 0.15) is 17.3 Å². The quantitative estimate of drug-likeness (QED) is 0.887. The number of nitrogens with one attached hydrogen (secondary N) is 1. The van der Waals surface area contributed by atoms with E-state index in [2.05, 4.69) is 5.32 Å². The molecule has 0 heterocycles. The Morgan fingerprint density at radius 3 is 2.56 bits per heavy atom. The minimum atomic E-state index is -0.295. The fourth-order valence-electron chi connectivity index (χ4n) is 1.79. The molecule has 0 aliphatic rings. The zero-order valence-electron chi connectivity index (χ0n) is 10.5. The van der Waals surface area contributed by atoms with E-state index in [9.17, 15) is 4.39 Å². The maximum Gasteiger partial charge on any atom is 0.130 e. The molecule has 0 fully saturated rings. The highest BCUT2D eigenvalue weighted by molar-refractivity contribution is 5.37. The molecule has 2 aromatic rings. The van der Waals surface area contributed by atoms with Crippen LogP contribution >= 0.6 is 0 Å². The number of rotatable bonds is 4. The van der Waals surface area contributed by atoms with E-state index in [1.54, 1.807) is 12.1 Å². The van der Waals surface area contributed by atoms with Gasteiger partial charge in [-0.05, 0) is 49.4 Å². The van der Waals surface area contributed by atoms with Gasteiger partial charge in [0, 0.05) is 12.6 Å². The number of aryl methyl sites for hydroxylation is 1. The second-order valence-electron chi connectivity index (χ2n) is 4.18. The maximum atomic E-state index is 13.0. The van der Waals surface area contributed by atoms with Crippen molar-refractivity contribution in [3.05, 3.63) is 59.4 Å². The van der Waals surface area contributed by atoms with E-state index in [1.807, 2.05) is 32.2 Å². The van der Waals surface area contributed by atoms with Crippen LogP contribution in [0.3, 0.4) is 0 Å². The van der Waals surface area contributed by atoms with Crippen LogP contribution in [0, 0.1) is 12.7 Å². The van der Waals surface area contributed by atoms with Gasteiger partial charge < -0.3 is 10.1 Å². The van der Waals surface area contributed by atoms with Gasteiger partial charge >= 0.3 is 0 Å². The molecule has 0 radical (unpaired) electrons. The first-order valence-electron chi connectivity index (χ1n) is 5.86. The van der Waals surface area contributed by atoms with Crippen LogP contribution in [0.5, 0.6) is 11.5 Å². The Morgan fingerprint density at radius 1 is 1.11 bits per heavy atom. The third-order valence-electron chi connectivity index (χ3n) is 2.71. The van der Waals surface area contributed by atoms with Gasteiger partial charge in [0.15, 0.2) is 0 Å². The summed E-state index contributed by atoms with van der Waals surface area (Å²) < 4.78 is 18.6. The summed E-state index contributed by atoms with van der Waals surface area (Å²) in [5, 5.41) is 3.11. The Morgan fingerprint density at radius 2 is 1.89 bits per heavy atom. The van der Waals surface area contributed by atoms with Crippen molar-refractivity contribution in [3.63, 3.8) is 0 Å². The van der Waals surface area contributed by atoms with Crippen molar-refractivity contribution >= 4 is 0 Å². The molecule has 94 valence electrons. The molecule has 2 nitrogen and oxygen atoms in total. The van der Waals surface area contributed by atoms with E-state index in [0.29, 0.717) is 5.75 Å². The summed E-state index contributed by atoms with van der Waals surface area (Å²) in [7, 11) is 1.91. The van der Waals surface area contributed by atoms with E-state index in [4.69, 9.17) is 4.74 Å². The Labute approximate surface area is 106 Å². The lowest BCUT2D eigenvalue weighted by Crippen LogP contribution is -2.06. The zero-order valence-corrected chi connectivity index (χ0v) is 10.5. The van der Waals surface area contributed by atoms with Gasteiger partial charge in [-0.25, -0.2) is 4.39 Å². The van der Waals surface area contributed by atoms with Crippen LogP contribution < -0.4 is 10.1 Å². The molecular weight excluding hydrogens is 229 g/mol. The molecular formula is C15H16FNO. The van der Waals surface area contributed by atoms with E-state index >= 15 is 0 Å². The molecule has 18 heavy (non-hydrogen) atoms. The van der Waals surface area contributed by atoms with E-state index in [0.717, 1.165) is 17.9 Å². The Kier molecular flexibility index (Phi) is 3.95.